The number of rotatable bonds is 2. The van der Waals surface area contributed by atoms with Gasteiger partial charge in [0.25, 0.3) is 5.91 Å². The number of amides is 1. The summed E-state index contributed by atoms with van der Waals surface area (Å²) in [6, 6.07) is 1.35. The lowest BCUT2D eigenvalue weighted by Gasteiger charge is -2.36. The van der Waals surface area contributed by atoms with Crippen LogP contribution in [0.4, 0.5) is 4.39 Å². The molecule has 3 nitrogen and oxygen atoms in total. The number of carbonyl (C=O) groups excluding carboxylic acids is 1. The number of nitrogens with zero attached hydrogens (tertiary/aromatic N) is 2. The van der Waals surface area contributed by atoms with E-state index in [0.717, 1.165) is 31.5 Å². The summed E-state index contributed by atoms with van der Waals surface area (Å²) in [6.07, 6.45) is 5.47. The lowest BCUT2D eigenvalue weighted by molar-refractivity contribution is 0.0628. The van der Waals surface area contributed by atoms with Crippen molar-refractivity contribution in [1.82, 2.24) is 9.88 Å². The van der Waals surface area contributed by atoms with Crippen LogP contribution < -0.4 is 0 Å². The summed E-state index contributed by atoms with van der Waals surface area (Å²) >= 11 is 5.89. The fourth-order valence-electron chi connectivity index (χ4n) is 2.79. The third kappa shape index (κ3) is 3.06. The minimum Gasteiger partial charge on any atom is -0.338 e. The molecule has 1 fully saturated rings. The number of hydrogen-bond donors (Lipinski definition) is 0. The largest absolute Gasteiger partial charge is 0.338 e. The third-order valence-corrected chi connectivity index (χ3v) is 4.22. The molecule has 104 valence electrons. The van der Waals surface area contributed by atoms with Crippen molar-refractivity contribution in [2.24, 2.45) is 5.92 Å². The predicted molar refractivity (Wildman–Crippen MR) is 72.7 cm³/mol. The molecule has 2 unspecified atom stereocenters. The fraction of sp³-hybridized carbons (Fsp3) is 0.571. The third-order valence-electron chi connectivity index (χ3n) is 3.92. The van der Waals surface area contributed by atoms with Crippen LogP contribution in [0.1, 0.15) is 43.0 Å². The van der Waals surface area contributed by atoms with E-state index in [1.54, 1.807) is 11.9 Å². The van der Waals surface area contributed by atoms with Crippen LogP contribution in [-0.4, -0.2) is 28.9 Å². The van der Waals surface area contributed by atoms with E-state index in [1.807, 2.05) is 0 Å². The Hall–Kier alpha value is -1.16. The van der Waals surface area contributed by atoms with Crippen molar-refractivity contribution in [3.8, 4) is 0 Å². The monoisotopic (exact) mass is 284 g/mol. The first-order chi connectivity index (χ1) is 9.00. The molecule has 1 saturated carbocycles. The molecule has 2 rings (SSSR count). The van der Waals surface area contributed by atoms with Crippen LogP contribution >= 0.6 is 11.6 Å². The van der Waals surface area contributed by atoms with Gasteiger partial charge in [0.2, 0.25) is 0 Å². The van der Waals surface area contributed by atoms with Crippen LogP contribution in [-0.2, 0) is 0 Å². The number of pyridine rings is 1. The van der Waals surface area contributed by atoms with Gasteiger partial charge in [-0.05, 0) is 24.8 Å². The van der Waals surface area contributed by atoms with E-state index < -0.39 is 5.82 Å². The lowest BCUT2D eigenvalue weighted by atomic mass is 9.85. The van der Waals surface area contributed by atoms with Gasteiger partial charge in [0.05, 0.1) is 11.8 Å². The highest BCUT2D eigenvalue weighted by Crippen LogP contribution is 2.29. The molecule has 1 heterocycles. The summed E-state index contributed by atoms with van der Waals surface area (Å²) in [5.41, 5.74) is 0.141. The minimum atomic E-state index is -0.544. The number of halogens is 2. The highest BCUT2D eigenvalue weighted by Gasteiger charge is 2.29. The van der Waals surface area contributed by atoms with Gasteiger partial charge in [-0.1, -0.05) is 31.4 Å². The van der Waals surface area contributed by atoms with Gasteiger partial charge in [0, 0.05) is 13.1 Å². The highest BCUT2D eigenvalue weighted by molar-refractivity contribution is 6.32. The van der Waals surface area contributed by atoms with Crippen molar-refractivity contribution in [3.63, 3.8) is 0 Å². The van der Waals surface area contributed by atoms with Gasteiger partial charge in [0.1, 0.15) is 11.0 Å². The van der Waals surface area contributed by atoms with Gasteiger partial charge in [-0.15, -0.1) is 0 Å². The lowest BCUT2D eigenvalue weighted by Crippen LogP contribution is -2.42. The van der Waals surface area contributed by atoms with Crippen molar-refractivity contribution in [1.29, 1.82) is 0 Å². The Balaban J connectivity index is 2.20. The van der Waals surface area contributed by atoms with Gasteiger partial charge in [-0.3, -0.25) is 4.79 Å². The van der Waals surface area contributed by atoms with Gasteiger partial charge < -0.3 is 4.90 Å². The Morgan fingerprint density at radius 1 is 1.47 bits per heavy atom. The zero-order valence-electron chi connectivity index (χ0n) is 11.2. The van der Waals surface area contributed by atoms with Crippen LogP contribution in [0, 0.1) is 11.7 Å². The van der Waals surface area contributed by atoms with E-state index in [1.165, 1.54) is 6.42 Å². The molecule has 1 aliphatic carbocycles. The second-order valence-electron chi connectivity index (χ2n) is 5.24. The molecule has 0 aliphatic heterocycles. The van der Waals surface area contributed by atoms with E-state index in [9.17, 15) is 9.18 Å². The van der Waals surface area contributed by atoms with Gasteiger partial charge in [0.15, 0.2) is 0 Å². The molecular formula is C14H18ClFN2O. The quantitative estimate of drug-likeness (QED) is 0.779. The second kappa shape index (κ2) is 5.87. The smallest absolute Gasteiger partial charge is 0.257 e. The number of hydrogen-bond acceptors (Lipinski definition) is 2. The van der Waals surface area contributed by atoms with E-state index in [4.69, 9.17) is 11.6 Å². The summed E-state index contributed by atoms with van der Waals surface area (Å²) in [5.74, 6) is -0.336. The van der Waals surface area contributed by atoms with Crippen LogP contribution in [0.3, 0.4) is 0 Å². The highest BCUT2D eigenvalue weighted by atomic mass is 35.5. The Kier molecular flexibility index (Phi) is 4.40. The molecule has 2 atom stereocenters. The molecule has 1 aromatic rings. The van der Waals surface area contributed by atoms with E-state index in [0.29, 0.717) is 5.92 Å². The average Bonchev–Trinajstić information content (AvgIpc) is 2.40. The average molecular weight is 285 g/mol. The normalized spacial score (nSPS) is 23.2. The Morgan fingerprint density at radius 3 is 2.84 bits per heavy atom. The standard InChI is InChI=1S/C14H18ClFN2O/c1-9-5-3-4-6-12(9)18(2)14(19)11-7-10(16)8-17-13(11)15/h7-9,12H,3-6H2,1-2H3. The minimum absolute atomic E-state index is 0.0571. The molecule has 1 amide bonds. The van der Waals surface area contributed by atoms with Gasteiger partial charge in [-0.2, -0.15) is 0 Å². The molecule has 0 saturated heterocycles. The van der Waals surface area contributed by atoms with E-state index in [-0.39, 0.29) is 22.7 Å². The van der Waals surface area contributed by atoms with Crippen molar-refractivity contribution in [3.05, 3.63) is 28.8 Å². The molecule has 5 heteroatoms. The first kappa shape index (κ1) is 14.3. The van der Waals surface area contributed by atoms with Crippen molar-refractivity contribution < 1.29 is 9.18 Å². The van der Waals surface area contributed by atoms with Crippen LogP contribution in [0.2, 0.25) is 5.15 Å². The summed E-state index contributed by atoms with van der Waals surface area (Å²) in [5, 5.41) is 0.0571. The van der Waals surface area contributed by atoms with Gasteiger partial charge >= 0.3 is 0 Å². The first-order valence-corrected chi connectivity index (χ1v) is 6.96. The van der Waals surface area contributed by atoms with Crippen molar-refractivity contribution in [2.75, 3.05) is 7.05 Å². The van der Waals surface area contributed by atoms with Crippen LogP contribution in [0.5, 0.6) is 0 Å². The molecule has 0 radical (unpaired) electrons. The fourth-order valence-corrected chi connectivity index (χ4v) is 2.97. The zero-order valence-corrected chi connectivity index (χ0v) is 12.0. The SMILES string of the molecule is CC1CCCCC1N(C)C(=O)c1cc(F)cnc1Cl. The summed E-state index contributed by atoms with van der Waals surface area (Å²) in [7, 11) is 1.76. The van der Waals surface area contributed by atoms with E-state index >= 15 is 0 Å². The van der Waals surface area contributed by atoms with Gasteiger partial charge in [-0.25, -0.2) is 9.37 Å². The maximum Gasteiger partial charge on any atom is 0.257 e. The molecule has 0 bridgehead atoms. The first-order valence-electron chi connectivity index (χ1n) is 6.59. The molecule has 0 aromatic carbocycles. The summed E-state index contributed by atoms with van der Waals surface area (Å²) in [4.78, 5) is 17.8. The maximum atomic E-state index is 13.2. The predicted octanol–water partition coefficient (Wildman–Crippen LogP) is 3.52. The maximum absolute atomic E-state index is 13.2. The summed E-state index contributed by atoms with van der Waals surface area (Å²) in [6.45, 7) is 2.15. The topological polar surface area (TPSA) is 33.2 Å². The van der Waals surface area contributed by atoms with Crippen molar-refractivity contribution >= 4 is 17.5 Å². The molecule has 0 spiro atoms. The Morgan fingerprint density at radius 2 is 2.16 bits per heavy atom. The van der Waals surface area contributed by atoms with E-state index in [2.05, 4.69) is 11.9 Å². The summed E-state index contributed by atoms with van der Waals surface area (Å²) < 4.78 is 13.2. The molecule has 19 heavy (non-hydrogen) atoms. The number of aromatic nitrogens is 1. The Labute approximate surface area is 117 Å². The molecule has 1 aliphatic rings. The number of carbonyl (C=O) groups is 1. The van der Waals surface area contributed by atoms with Crippen molar-refractivity contribution in [2.45, 2.75) is 38.6 Å². The van der Waals surface area contributed by atoms with Crippen LogP contribution in [0.25, 0.3) is 0 Å². The molecule has 0 N–H and O–H groups in total. The van der Waals surface area contributed by atoms with Crippen LogP contribution in [0.15, 0.2) is 12.3 Å². The molecular weight excluding hydrogens is 267 g/mol. The molecule has 1 aromatic heterocycles. The zero-order chi connectivity index (χ0) is 14.0. The Bertz CT molecular complexity index is 481. The second-order valence-corrected chi connectivity index (χ2v) is 5.60.